The van der Waals surface area contributed by atoms with Crippen LogP contribution in [0.4, 0.5) is 9.02 Å². The van der Waals surface area contributed by atoms with Gasteiger partial charge in [0.05, 0.1) is 11.7 Å². The lowest BCUT2D eigenvalue weighted by atomic mass is 10.1. The standard InChI is InChI=1S/C10H8FN5OS2/c11-19-16-8-6(4-13-16)2-1-3-7(8)5-17-10-15-14-9(12)18-10/h1-4H,5H2,(H2,12,14). The molecule has 1 aromatic carbocycles. The van der Waals surface area contributed by atoms with Gasteiger partial charge in [0.1, 0.15) is 6.61 Å². The smallest absolute Gasteiger partial charge is 0.296 e. The van der Waals surface area contributed by atoms with Crippen molar-refractivity contribution in [3.05, 3.63) is 30.0 Å². The second kappa shape index (κ2) is 5.02. The highest BCUT2D eigenvalue weighted by Gasteiger charge is 2.10. The van der Waals surface area contributed by atoms with Gasteiger partial charge < -0.3 is 10.5 Å². The number of rotatable bonds is 4. The van der Waals surface area contributed by atoms with Crippen molar-refractivity contribution < 1.29 is 8.62 Å². The molecule has 0 saturated carbocycles. The van der Waals surface area contributed by atoms with E-state index in [1.165, 1.54) is 4.09 Å². The Hall–Kier alpha value is -1.87. The Morgan fingerprint density at radius 3 is 3.05 bits per heavy atom. The molecule has 2 aromatic heterocycles. The molecule has 0 fully saturated rings. The number of para-hydroxylation sites is 1. The first-order valence-electron chi connectivity index (χ1n) is 5.24. The average molecular weight is 297 g/mol. The third kappa shape index (κ3) is 2.34. The molecule has 0 aliphatic rings. The van der Waals surface area contributed by atoms with Crippen molar-refractivity contribution in [3.63, 3.8) is 0 Å². The summed E-state index contributed by atoms with van der Waals surface area (Å²) in [5.74, 6) is 0. The minimum Gasteiger partial charge on any atom is -0.464 e. The van der Waals surface area contributed by atoms with Crippen molar-refractivity contribution in [2.24, 2.45) is 0 Å². The van der Waals surface area contributed by atoms with Gasteiger partial charge in [-0.25, -0.2) is 0 Å². The molecule has 2 heterocycles. The maximum absolute atomic E-state index is 12.8. The second-order valence-electron chi connectivity index (χ2n) is 3.64. The molecule has 3 rings (SSSR count). The summed E-state index contributed by atoms with van der Waals surface area (Å²) in [5.41, 5.74) is 6.97. The maximum atomic E-state index is 12.8. The Kier molecular flexibility index (Phi) is 3.22. The molecule has 0 amide bonds. The van der Waals surface area contributed by atoms with Crippen LogP contribution >= 0.6 is 23.7 Å². The summed E-state index contributed by atoms with van der Waals surface area (Å²) in [6.45, 7) is 0.248. The lowest BCUT2D eigenvalue weighted by molar-refractivity contribution is 0.303. The fourth-order valence-electron chi connectivity index (χ4n) is 1.71. The number of nitrogens with zero attached hydrogens (tertiary/aromatic N) is 4. The Morgan fingerprint density at radius 1 is 1.42 bits per heavy atom. The third-order valence-electron chi connectivity index (χ3n) is 2.48. The molecule has 0 bridgehead atoms. The van der Waals surface area contributed by atoms with E-state index in [4.69, 9.17) is 10.5 Å². The predicted octanol–water partition coefficient (Wildman–Crippen LogP) is 2.43. The van der Waals surface area contributed by atoms with Crippen LogP contribution in [0.15, 0.2) is 24.4 Å². The molecule has 9 heteroatoms. The lowest BCUT2D eigenvalue weighted by Gasteiger charge is -2.05. The Bertz CT molecular complexity index is 713. The van der Waals surface area contributed by atoms with E-state index in [9.17, 15) is 3.89 Å². The second-order valence-corrected chi connectivity index (χ2v) is 5.09. The van der Waals surface area contributed by atoms with Gasteiger partial charge in [-0.3, -0.25) is 0 Å². The zero-order valence-corrected chi connectivity index (χ0v) is 11.1. The molecule has 0 atom stereocenters. The van der Waals surface area contributed by atoms with Crippen LogP contribution in [0.5, 0.6) is 5.19 Å². The van der Waals surface area contributed by atoms with Crippen LogP contribution < -0.4 is 10.5 Å². The summed E-state index contributed by atoms with van der Waals surface area (Å²) in [6, 6.07) is 5.58. The van der Waals surface area contributed by atoms with Crippen LogP contribution in [0.3, 0.4) is 0 Å². The molecule has 2 N–H and O–H groups in total. The Labute approximate surface area is 115 Å². The van der Waals surface area contributed by atoms with Gasteiger partial charge in [-0.15, -0.1) is 8.98 Å². The molecule has 0 unspecified atom stereocenters. The lowest BCUT2D eigenvalue weighted by Crippen LogP contribution is -1.98. The zero-order valence-electron chi connectivity index (χ0n) is 9.49. The minimum atomic E-state index is 0.0495. The fourth-order valence-corrected chi connectivity index (χ4v) is 2.54. The summed E-state index contributed by atoms with van der Waals surface area (Å²) in [5, 5.41) is 12.9. The third-order valence-corrected chi connectivity index (χ3v) is 3.55. The van der Waals surface area contributed by atoms with Crippen molar-refractivity contribution in [1.82, 2.24) is 19.4 Å². The van der Waals surface area contributed by atoms with Gasteiger partial charge in [0, 0.05) is 10.9 Å². The van der Waals surface area contributed by atoms with Gasteiger partial charge in [0.15, 0.2) is 12.3 Å². The monoisotopic (exact) mass is 297 g/mol. The predicted molar refractivity (Wildman–Crippen MR) is 72.5 cm³/mol. The summed E-state index contributed by atoms with van der Waals surface area (Å²) < 4.78 is 19.5. The van der Waals surface area contributed by atoms with Crippen LogP contribution in [-0.4, -0.2) is 19.4 Å². The number of fused-ring (bicyclic) bond motifs is 1. The molecule has 98 valence electrons. The van der Waals surface area contributed by atoms with Gasteiger partial charge in [-0.2, -0.15) is 9.19 Å². The number of halogens is 1. The zero-order chi connectivity index (χ0) is 13.2. The number of nitrogens with two attached hydrogens (primary N) is 1. The average Bonchev–Trinajstić information content (AvgIpc) is 3.02. The van der Waals surface area contributed by atoms with E-state index in [2.05, 4.69) is 15.3 Å². The van der Waals surface area contributed by atoms with Gasteiger partial charge in [0.2, 0.25) is 5.13 Å². The van der Waals surface area contributed by atoms with Gasteiger partial charge >= 0.3 is 0 Å². The molecular weight excluding hydrogens is 289 g/mol. The van der Waals surface area contributed by atoms with Crippen molar-refractivity contribution in [2.45, 2.75) is 6.61 Å². The van der Waals surface area contributed by atoms with Crippen LogP contribution in [0.25, 0.3) is 10.9 Å². The highest BCUT2D eigenvalue weighted by Crippen LogP contribution is 2.25. The van der Waals surface area contributed by atoms with E-state index in [0.717, 1.165) is 22.3 Å². The SMILES string of the molecule is Nc1nnc(OCc2cccc3cnn(SF)c23)s1. The number of ether oxygens (including phenoxy) is 1. The maximum Gasteiger partial charge on any atom is 0.296 e. The first-order chi connectivity index (χ1) is 9.28. The molecule has 3 aromatic rings. The van der Waals surface area contributed by atoms with E-state index in [-0.39, 0.29) is 18.9 Å². The first kappa shape index (κ1) is 12.2. The molecular formula is C10H8FN5OS2. The van der Waals surface area contributed by atoms with Gasteiger partial charge in [-0.05, 0) is 11.3 Å². The van der Waals surface area contributed by atoms with E-state index in [1.54, 1.807) is 6.20 Å². The molecule has 19 heavy (non-hydrogen) atoms. The summed E-state index contributed by atoms with van der Waals surface area (Å²) in [6.07, 6.45) is 1.61. The van der Waals surface area contributed by atoms with Gasteiger partial charge in [-0.1, -0.05) is 23.3 Å². The Balaban J connectivity index is 1.89. The highest BCUT2D eigenvalue weighted by atomic mass is 32.2. The summed E-state index contributed by atoms with van der Waals surface area (Å²) >= 11 is 1.21. The van der Waals surface area contributed by atoms with E-state index < -0.39 is 0 Å². The normalized spacial score (nSPS) is 11.0. The number of anilines is 1. The number of hydrogen-bond acceptors (Lipinski definition) is 7. The first-order valence-corrected chi connectivity index (χ1v) is 6.73. The molecule has 6 nitrogen and oxygen atoms in total. The number of benzene rings is 1. The van der Waals surface area contributed by atoms with Crippen LogP contribution in [0, 0.1) is 0 Å². The largest absolute Gasteiger partial charge is 0.464 e. The molecule has 0 aliphatic carbocycles. The van der Waals surface area contributed by atoms with E-state index >= 15 is 0 Å². The van der Waals surface area contributed by atoms with Crippen LogP contribution in [-0.2, 0) is 6.61 Å². The topological polar surface area (TPSA) is 78.8 Å². The van der Waals surface area contributed by atoms with Crippen molar-refractivity contribution in [2.75, 3.05) is 5.73 Å². The van der Waals surface area contributed by atoms with Crippen molar-refractivity contribution in [3.8, 4) is 5.19 Å². The number of hydrogen-bond donors (Lipinski definition) is 1. The molecule has 0 radical (unpaired) electrons. The summed E-state index contributed by atoms with van der Waals surface area (Å²) in [4.78, 5) is 0. The van der Waals surface area contributed by atoms with E-state index in [0.29, 0.717) is 15.8 Å². The fraction of sp³-hybridized carbons (Fsp3) is 0.100. The van der Waals surface area contributed by atoms with Crippen molar-refractivity contribution in [1.29, 1.82) is 0 Å². The number of nitrogen functional groups attached to an aromatic ring is 1. The summed E-state index contributed by atoms with van der Waals surface area (Å²) in [7, 11) is 0. The number of aromatic nitrogens is 4. The molecule has 0 spiro atoms. The van der Waals surface area contributed by atoms with Crippen LogP contribution in [0.2, 0.25) is 0 Å². The molecule has 0 saturated heterocycles. The quantitative estimate of drug-likeness (QED) is 0.796. The Morgan fingerprint density at radius 2 is 2.32 bits per heavy atom. The van der Waals surface area contributed by atoms with Crippen molar-refractivity contribution >= 4 is 39.7 Å². The highest BCUT2D eigenvalue weighted by molar-refractivity contribution is 7.92. The van der Waals surface area contributed by atoms with Gasteiger partial charge in [0.25, 0.3) is 5.19 Å². The van der Waals surface area contributed by atoms with E-state index in [1.807, 2.05) is 18.2 Å². The minimum absolute atomic E-state index is 0.0495. The molecule has 0 aliphatic heterocycles. The van der Waals surface area contributed by atoms with Crippen LogP contribution in [0.1, 0.15) is 5.56 Å².